The van der Waals surface area contributed by atoms with Crippen molar-refractivity contribution in [1.29, 1.82) is 0 Å². The quantitative estimate of drug-likeness (QED) is 0.214. The van der Waals surface area contributed by atoms with Gasteiger partial charge in [0.05, 0.1) is 36.0 Å². The molecule has 5 aromatic rings. The SMILES string of the molecule is CN=C/C(=C\N)c1ccc2c(c1)CCCOc1cc(ccc1Cc1nc3ccc(C)cc3n1CC1CCO1)-c1cccc(n1)OC2. The fourth-order valence-corrected chi connectivity index (χ4v) is 6.20. The van der Waals surface area contributed by atoms with Gasteiger partial charge < -0.3 is 24.5 Å². The van der Waals surface area contributed by atoms with Crippen LogP contribution in [0, 0.1) is 6.92 Å². The number of ether oxygens (including phenoxy) is 3. The second-order valence-electron chi connectivity index (χ2n) is 12.0. The van der Waals surface area contributed by atoms with E-state index >= 15 is 0 Å². The highest BCUT2D eigenvalue weighted by Crippen LogP contribution is 2.32. The number of rotatable bonds is 6. The Labute approximate surface area is 269 Å². The number of benzene rings is 3. The molecular weight excluding hydrogens is 574 g/mol. The van der Waals surface area contributed by atoms with Crippen LogP contribution in [-0.4, -0.2) is 47.1 Å². The largest absolute Gasteiger partial charge is 0.493 e. The fraction of sp³-hybridized carbons (Fsp3) is 0.289. The van der Waals surface area contributed by atoms with Crippen LogP contribution in [0.2, 0.25) is 0 Å². The van der Waals surface area contributed by atoms with Gasteiger partial charge in [0.15, 0.2) is 0 Å². The summed E-state index contributed by atoms with van der Waals surface area (Å²) in [6.07, 6.45) is 6.98. The molecule has 0 radical (unpaired) electrons. The van der Waals surface area contributed by atoms with Gasteiger partial charge in [0.2, 0.25) is 5.88 Å². The smallest absolute Gasteiger partial charge is 0.214 e. The molecule has 1 unspecified atom stereocenters. The maximum atomic E-state index is 6.59. The van der Waals surface area contributed by atoms with Gasteiger partial charge in [-0.3, -0.25) is 4.99 Å². The van der Waals surface area contributed by atoms with Gasteiger partial charge in [0.25, 0.3) is 0 Å². The van der Waals surface area contributed by atoms with Crippen LogP contribution in [0.15, 0.2) is 84.0 Å². The second-order valence-corrected chi connectivity index (χ2v) is 12.0. The molecule has 0 spiro atoms. The lowest BCUT2D eigenvalue weighted by Gasteiger charge is -2.27. The van der Waals surface area contributed by atoms with E-state index in [0.717, 1.165) is 88.5 Å². The number of fused-ring (bicyclic) bond motifs is 7. The highest BCUT2D eigenvalue weighted by Gasteiger charge is 2.23. The lowest BCUT2D eigenvalue weighted by atomic mass is 9.97. The number of imidazole rings is 1. The summed E-state index contributed by atoms with van der Waals surface area (Å²) in [4.78, 5) is 14.1. The standard InChI is InChI=1S/C38H39N5O3/c1-25-8-13-34-35(17-25)43(23-32-14-16-44-32)37(41-34)20-29-11-10-28-19-36(29)45-15-4-5-26-18-27(31(21-39)22-40-2)9-12-30(26)24-46-38-7-3-6-33(28)42-38/h3,6-13,17-19,21-22,32H,4-5,14-16,20,23-24,39H2,1-2H3/b31-21+,40-22?. The summed E-state index contributed by atoms with van der Waals surface area (Å²) in [6.45, 7) is 4.74. The van der Waals surface area contributed by atoms with Crippen LogP contribution < -0.4 is 15.2 Å². The molecule has 4 bridgehead atoms. The Balaban J connectivity index is 1.23. The van der Waals surface area contributed by atoms with E-state index in [0.29, 0.717) is 25.5 Å². The Kier molecular flexibility index (Phi) is 8.53. The van der Waals surface area contributed by atoms with Crippen LogP contribution in [0.25, 0.3) is 27.9 Å². The van der Waals surface area contributed by atoms with Gasteiger partial charge in [-0.1, -0.05) is 42.5 Å². The number of allylic oxidation sites excluding steroid dienone is 1. The molecule has 1 saturated heterocycles. The number of aromatic nitrogens is 3. The molecule has 8 nitrogen and oxygen atoms in total. The predicted molar refractivity (Wildman–Crippen MR) is 182 cm³/mol. The molecule has 2 aliphatic heterocycles. The Morgan fingerprint density at radius 3 is 2.74 bits per heavy atom. The van der Waals surface area contributed by atoms with E-state index in [1.165, 1.54) is 11.1 Å². The zero-order valence-electron chi connectivity index (χ0n) is 26.4. The van der Waals surface area contributed by atoms with Crippen LogP contribution in [-0.2, 0) is 30.7 Å². The summed E-state index contributed by atoms with van der Waals surface area (Å²) in [5.41, 5.74) is 16.4. The van der Waals surface area contributed by atoms with Gasteiger partial charge >= 0.3 is 0 Å². The Hall–Kier alpha value is -4.95. The van der Waals surface area contributed by atoms with Crippen molar-refractivity contribution in [3.05, 3.63) is 113 Å². The van der Waals surface area contributed by atoms with Crippen molar-refractivity contribution >= 4 is 22.8 Å². The fourth-order valence-electron chi connectivity index (χ4n) is 6.20. The second kappa shape index (κ2) is 13.2. The van der Waals surface area contributed by atoms with Gasteiger partial charge in [-0.25, -0.2) is 9.97 Å². The molecule has 1 atom stereocenters. The first-order chi connectivity index (χ1) is 22.6. The summed E-state index contributed by atoms with van der Waals surface area (Å²) in [6, 6.07) is 25.1. The molecule has 0 aliphatic carbocycles. The minimum Gasteiger partial charge on any atom is -0.493 e. The number of nitrogens with zero attached hydrogens (tertiary/aromatic N) is 4. The maximum Gasteiger partial charge on any atom is 0.214 e. The molecule has 7 rings (SSSR count). The average Bonchev–Trinajstić information content (AvgIpc) is 3.38. The van der Waals surface area contributed by atoms with Gasteiger partial charge in [-0.2, -0.15) is 0 Å². The predicted octanol–water partition coefficient (Wildman–Crippen LogP) is 6.69. The highest BCUT2D eigenvalue weighted by atomic mass is 16.5. The third-order valence-corrected chi connectivity index (χ3v) is 8.81. The number of hydrogen-bond acceptors (Lipinski definition) is 7. The third-order valence-electron chi connectivity index (χ3n) is 8.81. The summed E-state index contributed by atoms with van der Waals surface area (Å²) in [5.74, 6) is 2.44. The number of aryl methyl sites for hydroxylation is 2. The van der Waals surface area contributed by atoms with E-state index in [9.17, 15) is 0 Å². The van der Waals surface area contributed by atoms with Crippen LogP contribution in [0.5, 0.6) is 11.6 Å². The van der Waals surface area contributed by atoms with Crippen LogP contribution in [0.4, 0.5) is 0 Å². The summed E-state index contributed by atoms with van der Waals surface area (Å²) >= 11 is 0. The van der Waals surface area contributed by atoms with Gasteiger partial charge in [-0.05, 0) is 72.7 Å². The van der Waals surface area contributed by atoms with Crippen molar-refractivity contribution in [2.45, 2.75) is 51.9 Å². The summed E-state index contributed by atoms with van der Waals surface area (Å²) < 4.78 is 21.0. The molecule has 2 N–H and O–H groups in total. The topological polar surface area (TPSA) is 96.8 Å². The van der Waals surface area contributed by atoms with E-state index in [2.05, 4.69) is 71.1 Å². The minimum absolute atomic E-state index is 0.225. The van der Waals surface area contributed by atoms with E-state index in [1.54, 1.807) is 19.5 Å². The molecule has 0 amide bonds. The number of pyridine rings is 1. The Morgan fingerprint density at radius 2 is 1.91 bits per heavy atom. The molecule has 3 aromatic carbocycles. The first-order valence-corrected chi connectivity index (χ1v) is 16.0. The van der Waals surface area contributed by atoms with Crippen molar-refractivity contribution in [2.75, 3.05) is 20.3 Å². The normalized spacial score (nSPS) is 16.7. The first-order valence-electron chi connectivity index (χ1n) is 16.0. The highest BCUT2D eigenvalue weighted by molar-refractivity contribution is 6.09. The Morgan fingerprint density at radius 1 is 1.00 bits per heavy atom. The van der Waals surface area contributed by atoms with Crippen molar-refractivity contribution in [3.63, 3.8) is 0 Å². The first kappa shape index (κ1) is 29.7. The number of aliphatic imine (C=N–C) groups is 1. The zero-order chi connectivity index (χ0) is 31.5. The van der Waals surface area contributed by atoms with Gasteiger partial charge in [-0.15, -0.1) is 0 Å². The summed E-state index contributed by atoms with van der Waals surface area (Å²) in [5, 5.41) is 0. The van der Waals surface area contributed by atoms with Crippen molar-refractivity contribution in [3.8, 4) is 22.9 Å². The third kappa shape index (κ3) is 6.26. The average molecular weight is 614 g/mol. The number of hydrogen-bond donors (Lipinski definition) is 1. The molecule has 2 aromatic heterocycles. The van der Waals surface area contributed by atoms with E-state index in [4.69, 9.17) is 29.9 Å². The van der Waals surface area contributed by atoms with E-state index in [1.807, 2.05) is 18.2 Å². The van der Waals surface area contributed by atoms with Gasteiger partial charge in [0, 0.05) is 55.3 Å². The molecular formula is C38H39N5O3. The van der Waals surface area contributed by atoms with Crippen LogP contribution >= 0.6 is 0 Å². The van der Waals surface area contributed by atoms with Gasteiger partial charge in [0.1, 0.15) is 18.2 Å². The van der Waals surface area contributed by atoms with E-state index < -0.39 is 0 Å². The lowest BCUT2D eigenvalue weighted by Crippen LogP contribution is -2.31. The molecule has 8 heteroatoms. The molecule has 2 aliphatic rings. The maximum absolute atomic E-state index is 6.59. The minimum atomic E-state index is 0.225. The van der Waals surface area contributed by atoms with E-state index in [-0.39, 0.29) is 6.10 Å². The lowest BCUT2D eigenvalue weighted by molar-refractivity contribution is -0.0589. The monoisotopic (exact) mass is 613 g/mol. The summed E-state index contributed by atoms with van der Waals surface area (Å²) in [7, 11) is 1.75. The van der Waals surface area contributed by atoms with Crippen molar-refractivity contribution in [1.82, 2.24) is 14.5 Å². The molecule has 234 valence electrons. The molecule has 1 fully saturated rings. The van der Waals surface area contributed by atoms with Crippen molar-refractivity contribution in [2.24, 2.45) is 10.7 Å². The number of nitrogens with two attached hydrogens (primary N) is 1. The van der Waals surface area contributed by atoms with Crippen LogP contribution in [0.3, 0.4) is 0 Å². The molecule has 46 heavy (non-hydrogen) atoms. The van der Waals surface area contributed by atoms with Crippen LogP contribution in [0.1, 0.15) is 46.5 Å². The van der Waals surface area contributed by atoms with Crippen molar-refractivity contribution < 1.29 is 14.2 Å². The Bertz CT molecular complexity index is 1940. The molecule has 4 heterocycles. The molecule has 0 saturated carbocycles. The zero-order valence-corrected chi connectivity index (χ0v) is 26.4.